The fourth-order valence-corrected chi connectivity index (χ4v) is 1.44. The van der Waals surface area contributed by atoms with Gasteiger partial charge in [0.25, 0.3) is 0 Å². The number of ether oxygens (including phenoxy) is 1. The van der Waals surface area contributed by atoms with Gasteiger partial charge in [0.15, 0.2) is 0 Å². The van der Waals surface area contributed by atoms with E-state index in [0.717, 1.165) is 29.9 Å². The zero-order chi connectivity index (χ0) is 12.0. The molecule has 0 atom stereocenters. The Labute approximate surface area is 95.8 Å². The van der Waals surface area contributed by atoms with Crippen LogP contribution in [0.3, 0.4) is 0 Å². The predicted octanol–water partition coefficient (Wildman–Crippen LogP) is 1.94. The molecule has 4 nitrogen and oxygen atoms in total. The summed E-state index contributed by atoms with van der Waals surface area (Å²) in [5.74, 6) is -0.171. The highest BCUT2D eigenvalue weighted by Gasteiger charge is 2.00. The number of rotatable bonds is 5. The molecule has 0 bridgehead atoms. The molecule has 0 heterocycles. The second-order valence-corrected chi connectivity index (χ2v) is 3.68. The number of benzene rings is 1. The summed E-state index contributed by atoms with van der Waals surface area (Å²) in [5, 5.41) is 3.26. The van der Waals surface area contributed by atoms with E-state index >= 15 is 0 Å². The highest BCUT2D eigenvalue weighted by atomic mass is 16.5. The van der Waals surface area contributed by atoms with Gasteiger partial charge in [0.1, 0.15) is 0 Å². The van der Waals surface area contributed by atoms with Crippen molar-refractivity contribution in [3.8, 4) is 0 Å². The van der Waals surface area contributed by atoms with Gasteiger partial charge in [-0.3, -0.25) is 4.79 Å². The average molecular weight is 222 g/mol. The van der Waals surface area contributed by atoms with Crippen LogP contribution < -0.4 is 11.1 Å². The Balaban J connectivity index is 2.35. The van der Waals surface area contributed by atoms with Gasteiger partial charge in [0.05, 0.1) is 7.11 Å². The zero-order valence-electron chi connectivity index (χ0n) is 9.75. The third kappa shape index (κ3) is 3.81. The normalized spacial score (nSPS) is 9.88. The van der Waals surface area contributed by atoms with Gasteiger partial charge >= 0.3 is 5.97 Å². The molecule has 0 aliphatic rings. The van der Waals surface area contributed by atoms with Crippen molar-refractivity contribution >= 4 is 17.3 Å². The van der Waals surface area contributed by atoms with E-state index in [1.165, 1.54) is 7.11 Å². The summed E-state index contributed by atoms with van der Waals surface area (Å²) in [4.78, 5) is 10.9. The van der Waals surface area contributed by atoms with Crippen molar-refractivity contribution in [2.75, 3.05) is 24.7 Å². The molecule has 1 rings (SSSR count). The number of hydrogen-bond donors (Lipinski definition) is 2. The van der Waals surface area contributed by atoms with Crippen LogP contribution in [-0.2, 0) is 9.53 Å². The Hall–Kier alpha value is -1.71. The van der Waals surface area contributed by atoms with Crippen LogP contribution in [0.25, 0.3) is 0 Å². The van der Waals surface area contributed by atoms with Crippen LogP contribution in [0.4, 0.5) is 11.4 Å². The molecule has 0 spiro atoms. The summed E-state index contributed by atoms with van der Waals surface area (Å²) in [6.07, 6.45) is 1.20. The minimum absolute atomic E-state index is 0.171. The first-order valence-corrected chi connectivity index (χ1v) is 5.30. The van der Waals surface area contributed by atoms with Crippen LogP contribution >= 0.6 is 0 Å². The van der Waals surface area contributed by atoms with Crippen LogP contribution in [0.2, 0.25) is 0 Å². The summed E-state index contributed by atoms with van der Waals surface area (Å²) in [6.45, 7) is 2.75. The molecular formula is C12H18N2O2. The highest BCUT2D eigenvalue weighted by Crippen LogP contribution is 2.17. The fraction of sp³-hybridized carbons (Fsp3) is 0.417. The van der Waals surface area contributed by atoms with E-state index < -0.39 is 0 Å². The molecule has 0 aliphatic carbocycles. The minimum Gasteiger partial charge on any atom is -0.469 e. The highest BCUT2D eigenvalue weighted by molar-refractivity contribution is 5.69. The molecule has 0 amide bonds. The van der Waals surface area contributed by atoms with E-state index in [1.54, 1.807) is 0 Å². The summed E-state index contributed by atoms with van der Waals surface area (Å²) >= 11 is 0. The third-order valence-corrected chi connectivity index (χ3v) is 2.35. The van der Waals surface area contributed by atoms with Gasteiger partial charge in [-0.2, -0.15) is 0 Å². The van der Waals surface area contributed by atoms with E-state index in [-0.39, 0.29) is 5.97 Å². The van der Waals surface area contributed by atoms with Gasteiger partial charge < -0.3 is 15.8 Å². The number of nitrogens with one attached hydrogen (secondary N) is 1. The number of aryl methyl sites for hydroxylation is 1. The lowest BCUT2D eigenvalue weighted by Gasteiger charge is -2.09. The smallest absolute Gasteiger partial charge is 0.305 e. The van der Waals surface area contributed by atoms with Gasteiger partial charge in [0, 0.05) is 24.3 Å². The van der Waals surface area contributed by atoms with Crippen LogP contribution in [0.1, 0.15) is 18.4 Å². The number of hydrogen-bond acceptors (Lipinski definition) is 4. The van der Waals surface area contributed by atoms with Gasteiger partial charge in [-0.05, 0) is 37.1 Å². The third-order valence-electron chi connectivity index (χ3n) is 2.35. The molecule has 4 heteroatoms. The molecule has 0 aromatic heterocycles. The number of carbonyl (C=O) groups is 1. The quantitative estimate of drug-likeness (QED) is 0.454. The molecular weight excluding hydrogens is 204 g/mol. The monoisotopic (exact) mass is 222 g/mol. The number of methoxy groups -OCH3 is 1. The van der Waals surface area contributed by atoms with Crippen LogP contribution in [0.15, 0.2) is 18.2 Å². The predicted molar refractivity (Wildman–Crippen MR) is 65.3 cm³/mol. The van der Waals surface area contributed by atoms with Gasteiger partial charge in [-0.1, -0.05) is 0 Å². The minimum atomic E-state index is -0.171. The summed E-state index contributed by atoms with van der Waals surface area (Å²) < 4.78 is 4.56. The molecule has 1 aromatic rings. The van der Waals surface area contributed by atoms with Crippen LogP contribution in [-0.4, -0.2) is 19.6 Å². The molecule has 88 valence electrons. The molecule has 0 unspecified atom stereocenters. The lowest BCUT2D eigenvalue weighted by atomic mass is 10.1. The maximum absolute atomic E-state index is 10.9. The second kappa shape index (κ2) is 6.00. The Morgan fingerprint density at radius 1 is 1.50 bits per heavy atom. The van der Waals surface area contributed by atoms with E-state index in [0.29, 0.717) is 6.42 Å². The van der Waals surface area contributed by atoms with E-state index in [1.807, 2.05) is 25.1 Å². The standard InChI is InChI=1S/C12H18N2O2/c1-9-8-10(13)5-6-11(9)14-7-3-4-12(15)16-2/h5-6,8,14H,3-4,7,13H2,1-2H3. The molecule has 0 radical (unpaired) electrons. The summed E-state index contributed by atoms with van der Waals surface area (Å²) in [6, 6.07) is 5.72. The lowest BCUT2D eigenvalue weighted by Crippen LogP contribution is -2.07. The fourth-order valence-electron chi connectivity index (χ4n) is 1.44. The van der Waals surface area contributed by atoms with Gasteiger partial charge in [-0.25, -0.2) is 0 Å². The number of nitrogens with two attached hydrogens (primary N) is 1. The number of nitrogen functional groups attached to an aromatic ring is 1. The molecule has 0 saturated carbocycles. The first-order chi connectivity index (χ1) is 7.63. The van der Waals surface area contributed by atoms with Crippen molar-refractivity contribution in [2.24, 2.45) is 0 Å². The Kier molecular flexibility index (Phi) is 4.64. The second-order valence-electron chi connectivity index (χ2n) is 3.68. The first-order valence-electron chi connectivity index (χ1n) is 5.30. The van der Waals surface area contributed by atoms with Crippen molar-refractivity contribution in [1.82, 2.24) is 0 Å². The summed E-state index contributed by atoms with van der Waals surface area (Å²) in [7, 11) is 1.40. The number of carbonyl (C=O) groups excluding carboxylic acids is 1. The van der Waals surface area contributed by atoms with Gasteiger partial charge in [0.2, 0.25) is 0 Å². The Morgan fingerprint density at radius 3 is 2.88 bits per heavy atom. The maximum Gasteiger partial charge on any atom is 0.305 e. The Morgan fingerprint density at radius 2 is 2.25 bits per heavy atom. The van der Waals surface area contributed by atoms with Crippen LogP contribution in [0, 0.1) is 6.92 Å². The maximum atomic E-state index is 10.9. The van der Waals surface area contributed by atoms with Crippen molar-refractivity contribution in [3.05, 3.63) is 23.8 Å². The first kappa shape index (κ1) is 12.4. The van der Waals surface area contributed by atoms with Crippen LogP contribution in [0.5, 0.6) is 0 Å². The molecule has 16 heavy (non-hydrogen) atoms. The summed E-state index contributed by atoms with van der Waals surface area (Å²) in [5.41, 5.74) is 8.58. The number of esters is 1. The van der Waals surface area contributed by atoms with E-state index in [4.69, 9.17) is 5.73 Å². The van der Waals surface area contributed by atoms with E-state index in [9.17, 15) is 4.79 Å². The number of anilines is 2. The van der Waals surface area contributed by atoms with E-state index in [2.05, 4.69) is 10.1 Å². The van der Waals surface area contributed by atoms with Crippen molar-refractivity contribution in [1.29, 1.82) is 0 Å². The largest absolute Gasteiger partial charge is 0.469 e. The molecule has 0 aliphatic heterocycles. The molecule has 0 fully saturated rings. The van der Waals surface area contributed by atoms with Crippen molar-refractivity contribution in [3.63, 3.8) is 0 Å². The Bertz CT molecular complexity index is 364. The zero-order valence-corrected chi connectivity index (χ0v) is 9.75. The molecule has 1 aromatic carbocycles. The SMILES string of the molecule is COC(=O)CCCNc1ccc(N)cc1C. The molecule has 0 saturated heterocycles. The average Bonchev–Trinajstić information content (AvgIpc) is 2.26. The topological polar surface area (TPSA) is 64.3 Å². The van der Waals surface area contributed by atoms with Crippen molar-refractivity contribution in [2.45, 2.75) is 19.8 Å². The van der Waals surface area contributed by atoms with Gasteiger partial charge in [-0.15, -0.1) is 0 Å². The molecule has 3 N–H and O–H groups in total. The lowest BCUT2D eigenvalue weighted by molar-refractivity contribution is -0.140. The van der Waals surface area contributed by atoms with Crippen molar-refractivity contribution < 1.29 is 9.53 Å².